The van der Waals surface area contributed by atoms with Crippen LogP contribution in [0, 0.1) is 0 Å². The first-order valence-corrected chi connectivity index (χ1v) is 37.7. The third-order valence-corrected chi connectivity index (χ3v) is 22.7. The van der Waals surface area contributed by atoms with Gasteiger partial charge in [-0.25, -0.2) is 9.78 Å². The lowest BCUT2D eigenvalue weighted by Crippen LogP contribution is -2.61. The maximum absolute atomic E-state index is 13.5. The van der Waals surface area contributed by atoms with E-state index >= 15 is 0 Å². The SMILES string of the molecule is CC1(C)SSC(C)(C)[C@@H](NC(=O)C(N)Cc2ccc(C(N)=O)cc2)C(=O)NCC(=O)N[C@@H](Cc2ccccc2)C(=O)N[C@H]1C(=O)O.CC[C@@H]1NC(=O)CNC(=O)[C@H](NC(=O)C(N)Cc2ccc(C(N)=O)cc2)CCN(C)CCNC1=O.NC(=O)c1ccc(CC(N)C(=O)N2Cc3ccccc3CC2c2ncc[nH]2)cc1. The van der Waals surface area contributed by atoms with Gasteiger partial charge in [-0.3, -0.25) is 57.5 Å². The molecule has 110 heavy (non-hydrogen) atoms. The molecule has 1 aromatic heterocycles. The monoisotopic (exact) mass is 1550 g/mol. The lowest BCUT2D eigenvalue weighted by atomic mass is 9.92. The number of aliphatic carboxylic acids is 1. The minimum Gasteiger partial charge on any atom is -0.480 e. The van der Waals surface area contributed by atoms with Gasteiger partial charge < -0.3 is 96.8 Å². The van der Waals surface area contributed by atoms with E-state index in [1.807, 2.05) is 35.0 Å². The standard InChI is InChI=1S/C31H40N6O7S2.C23H35N7O5.C22H23N5O2/c1-30(2)23(36-26(40)20(32)14-18-10-12-19(13-11-18)25(33)39)28(42)34-16-22(38)35-21(15-17-8-6-5-7-9-17)27(41)37-24(29(43)44)31(3,4)46-45-30;1-3-17-22(34)26-9-11-30(2)10-8-18(23(35)27-13-19(31)28-17)29-21(33)16(24)12-14-4-6-15(7-5-14)20(25)32;23-18(11-14-5-7-15(8-6-14)20(24)28)22(29)27-13-17-4-2-1-3-16(17)12-19(27)21-25-9-10-26-21/h5-13,20-21,23-24H,14-16,32H2,1-4H3,(H2,33,39)(H,34,42)(H,35,38)(H,36,40)(H,37,41)(H,43,44);4-7,16-18H,3,8-13,24H2,1-2H3,(H2,25,32)(H,26,34)(H,27,35)(H,28,31)(H,29,33);1-10,18-19H,11-13,23H2,(H2,24,28)(H,25,26)/t20?,21-,23-,24-;16?,17-,18+;/m00./s1. The number of hydrogen-bond donors (Lipinski definition) is 16. The molecule has 34 heteroatoms. The summed E-state index contributed by atoms with van der Waals surface area (Å²) in [7, 11) is 4.13. The van der Waals surface area contributed by atoms with Crippen LogP contribution in [0.3, 0.4) is 0 Å². The number of hydrogen-bond acceptors (Lipinski definition) is 20. The molecule has 32 nitrogen and oxygen atoms in total. The molecule has 3 aliphatic heterocycles. The molecule has 0 bridgehead atoms. The second-order valence-electron chi connectivity index (χ2n) is 27.9. The molecule has 0 spiro atoms. The second kappa shape index (κ2) is 40.4. The number of aromatic amines is 1. The molecule has 6 aromatic rings. The van der Waals surface area contributed by atoms with E-state index in [9.17, 15) is 67.4 Å². The number of rotatable bonds is 19. The van der Waals surface area contributed by atoms with Gasteiger partial charge in [-0.05, 0) is 137 Å². The number of nitrogens with two attached hydrogens (primary N) is 6. The van der Waals surface area contributed by atoms with Crippen LogP contribution in [0.4, 0.5) is 0 Å². The van der Waals surface area contributed by atoms with Gasteiger partial charge in [0.15, 0.2) is 0 Å². The summed E-state index contributed by atoms with van der Waals surface area (Å²) in [5, 5.41) is 31.2. The maximum Gasteiger partial charge on any atom is 0.327 e. The van der Waals surface area contributed by atoms with Crippen LogP contribution >= 0.6 is 21.6 Å². The van der Waals surface area contributed by atoms with Crippen LogP contribution in [0.15, 0.2) is 140 Å². The van der Waals surface area contributed by atoms with E-state index in [-0.39, 0.29) is 50.1 Å². The summed E-state index contributed by atoms with van der Waals surface area (Å²) < 4.78 is -2.18. The Bertz CT molecular complexity index is 4230. The van der Waals surface area contributed by atoms with E-state index in [2.05, 4.69) is 58.6 Å². The smallest absolute Gasteiger partial charge is 0.327 e. The first-order chi connectivity index (χ1) is 52.1. The van der Waals surface area contributed by atoms with Crippen molar-refractivity contribution in [2.45, 2.75) is 150 Å². The molecule has 9 rings (SSSR count). The normalized spacial score (nSPS) is 20.8. The number of benzene rings is 5. The van der Waals surface area contributed by atoms with Gasteiger partial charge >= 0.3 is 5.97 Å². The van der Waals surface area contributed by atoms with E-state index in [1.54, 1.807) is 138 Å². The molecule has 2 saturated heterocycles. The van der Waals surface area contributed by atoms with Crippen LogP contribution in [-0.4, -0.2) is 199 Å². The maximum atomic E-state index is 13.5. The lowest BCUT2D eigenvalue weighted by molar-refractivity contribution is -0.143. The summed E-state index contributed by atoms with van der Waals surface area (Å²) in [5.41, 5.74) is 40.8. The molecular formula is C76H98N18O14S2. The fourth-order valence-electron chi connectivity index (χ4n) is 12.0. The van der Waals surface area contributed by atoms with Crippen LogP contribution in [-0.2, 0) is 86.6 Å². The number of amides is 12. The van der Waals surface area contributed by atoms with E-state index in [4.69, 9.17) is 34.4 Å². The van der Waals surface area contributed by atoms with E-state index in [1.165, 1.54) is 17.7 Å². The van der Waals surface area contributed by atoms with Crippen LogP contribution in [0.1, 0.15) is 124 Å². The number of carboxylic acids is 1. The van der Waals surface area contributed by atoms with Gasteiger partial charge in [0, 0.05) is 72.9 Å². The summed E-state index contributed by atoms with van der Waals surface area (Å²) in [5.74, 6) is -6.77. The molecule has 0 saturated carbocycles. The first-order valence-electron chi connectivity index (χ1n) is 35.6. The highest BCUT2D eigenvalue weighted by molar-refractivity contribution is 8.77. The van der Waals surface area contributed by atoms with Crippen LogP contribution in [0.25, 0.3) is 0 Å². The zero-order valence-corrected chi connectivity index (χ0v) is 63.7. The highest BCUT2D eigenvalue weighted by Crippen LogP contribution is 2.47. The number of nitrogens with one attached hydrogen (secondary N) is 9. The third-order valence-electron chi connectivity index (χ3n) is 18.4. The molecule has 4 unspecified atom stereocenters. The molecule has 4 heterocycles. The third kappa shape index (κ3) is 25.5. The number of fused-ring (bicyclic) bond motifs is 1. The number of nitrogens with zero attached hydrogens (tertiary/aromatic N) is 3. The number of carbonyl (C=O) groups excluding carboxylic acids is 12. The Kier molecular flexibility index (Phi) is 31.7. The molecular weight excluding hydrogens is 1450 g/mol. The summed E-state index contributed by atoms with van der Waals surface area (Å²) in [4.78, 5) is 174. The van der Waals surface area contributed by atoms with Crippen molar-refractivity contribution in [2.75, 3.05) is 39.8 Å². The molecule has 0 radical (unpaired) electrons. The number of likely N-dealkylation sites (N-methyl/N-ethyl adjacent to an activating group) is 1. The van der Waals surface area contributed by atoms with Crippen LogP contribution in [0.5, 0.6) is 0 Å². The van der Waals surface area contributed by atoms with Crippen molar-refractivity contribution in [3.05, 3.63) is 196 Å². The molecule has 588 valence electrons. The highest BCUT2D eigenvalue weighted by Gasteiger charge is 2.45. The summed E-state index contributed by atoms with van der Waals surface area (Å²) in [6.45, 7) is 9.46. The number of aromatic nitrogens is 2. The van der Waals surface area contributed by atoms with Gasteiger partial charge in [0.05, 0.1) is 42.0 Å². The first kappa shape index (κ1) is 86.2. The molecule has 22 N–H and O–H groups in total. The average Bonchev–Trinajstić information content (AvgIpc) is 1.31. The Morgan fingerprint density at radius 3 is 1.57 bits per heavy atom. The largest absolute Gasteiger partial charge is 0.480 e. The van der Waals surface area contributed by atoms with Gasteiger partial charge in [0.25, 0.3) is 0 Å². The van der Waals surface area contributed by atoms with Gasteiger partial charge in [-0.1, -0.05) is 120 Å². The van der Waals surface area contributed by atoms with Gasteiger partial charge in [-0.2, -0.15) is 0 Å². The van der Waals surface area contributed by atoms with Gasteiger partial charge in [-0.15, -0.1) is 0 Å². The number of H-pyrrole nitrogens is 1. The average molecular weight is 1550 g/mol. The number of carboxylic acid groups (broad SMARTS) is 1. The highest BCUT2D eigenvalue weighted by atomic mass is 33.1. The molecule has 0 aliphatic carbocycles. The second-order valence-corrected chi connectivity index (χ2v) is 31.3. The number of carbonyl (C=O) groups is 13. The predicted molar refractivity (Wildman–Crippen MR) is 414 cm³/mol. The lowest BCUT2D eigenvalue weighted by Gasteiger charge is -2.38. The minimum absolute atomic E-state index is 0.0792. The fraction of sp³-hybridized carbons (Fsp3) is 0.395. The van der Waals surface area contributed by atoms with E-state index in [0.29, 0.717) is 67.7 Å². The van der Waals surface area contributed by atoms with E-state index < -0.39 is 129 Å². The van der Waals surface area contributed by atoms with Crippen molar-refractivity contribution in [1.29, 1.82) is 0 Å². The topological polar surface area (TPSA) is 530 Å². The quantitative estimate of drug-likeness (QED) is 0.0467. The molecule has 9 atom stereocenters. The zero-order chi connectivity index (χ0) is 80.6. The molecule has 2 fully saturated rings. The van der Waals surface area contributed by atoms with Gasteiger partial charge in [0.1, 0.15) is 36.0 Å². The molecule has 12 amide bonds. The van der Waals surface area contributed by atoms with Crippen LogP contribution < -0.4 is 76.9 Å². The Balaban J connectivity index is 0.000000236. The van der Waals surface area contributed by atoms with Crippen molar-refractivity contribution >= 4 is 98.4 Å². The Morgan fingerprint density at radius 1 is 0.573 bits per heavy atom. The molecule has 5 aromatic carbocycles. The van der Waals surface area contributed by atoms with Crippen molar-refractivity contribution in [3.8, 4) is 0 Å². The van der Waals surface area contributed by atoms with Crippen molar-refractivity contribution in [3.63, 3.8) is 0 Å². The fourth-order valence-corrected chi connectivity index (χ4v) is 14.8. The Labute approximate surface area is 644 Å². The van der Waals surface area contributed by atoms with Crippen molar-refractivity contribution in [2.24, 2.45) is 34.4 Å². The Morgan fingerprint density at radius 2 is 1.06 bits per heavy atom. The predicted octanol–water partition coefficient (Wildman–Crippen LogP) is -0.187. The van der Waals surface area contributed by atoms with E-state index in [0.717, 1.165) is 49.7 Å². The van der Waals surface area contributed by atoms with Crippen molar-refractivity contribution in [1.82, 2.24) is 62.3 Å². The summed E-state index contributed by atoms with van der Waals surface area (Å²) in [6, 6.07) is 28.4. The zero-order valence-electron chi connectivity index (χ0n) is 62.0. The Hall–Kier alpha value is -11.0. The minimum atomic E-state index is -1.37. The summed E-state index contributed by atoms with van der Waals surface area (Å²) >= 11 is 0. The van der Waals surface area contributed by atoms with Crippen molar-refractivity contribution < 1.29 is 67.4 Å². The van der Waals surface area contributed by atoms with Crippen LogP contribution in [0.2, 0.25) is 0 Å². The summed E-state index contributed by atoms with van der Waals surface area (Å²) in [6.07, 6.45) is 5.58. The number of primary amides is 3. The number of imidazole rings is 1. The van der Waals surface area contributed by atoms with Gasteiger partial charge in [0.2, 0.25) is 70.9 Å². The molecule has 3 aliphatic rings.